The molecule has 0 aliphatic rings. The van der Waals surface area contributed by atoms with Crippen molar-refractivity contribution in [3.8, 4) is 11.3 Å². The SMILES string of the molecule is Fc1c[c-]c(-c2cc(C(F)(F)F)ccn2)cc1.[Ir]. The second-order valence-electron chi connectivity index (χ2n) is 3.35. The zero-order valence-electron chi connectivity index (χ0n) is 8.76. The molecular formula is C12H6F4IrN-. The fourth-order valence-electron chi connectivity index (χ4n) is 1.32. The maximum absolute atomic E-state index is 12.6. The Morgan fingerprint density at radius 3 is 2.39 bits per heavy atom. The normalized spacial score (nSPS) is 10.9. The van der Waals surface area contributed by atoms with E-state index in [2.05, 4.69) is 11.1 Å². The van der Waals surface area contributed by atoms with Gasteiger partial charge in [0.1, 0.15) is 0 Å². The van der Waals surface area contributed by atoms with Gasteiger partial charge >= 0.3 is 6.18 Å². The molecule has 0 atom stereocenters. The van der Waals surface area contributed by atoms with E-state index < -0.39 is 17.6 Å². The maximum Gasteiger partial charge on any atom is 0.415 e. The minimum absolute atomic E-state index is 0. The van der Waals surface area contributed by atoms with E-state index in [0.29, 0.717) is 5.56 Å². The van der Waals surface area contributed by atoms with Gasteiger partial charge in [0, 0.05) is 37.7 Å². The Morgan fingerprint density at radius 2 is 1.83 bits per heavy atom. The molecule has 1 heterocycles. The molecule has 1 aromatic carbocycles. The zero-order chi connectivity index (χ0) is 12.5. The molecule has 2 aromatic rings. The molecule has 0 bridgehead atoms. The van der Waals surface area contributed by atoms with Crippen molar-refractivity contribution >= 4 is 0 Å². The van der Waals surface area contributed by atoms with Crippen LogP contribution in [0.1, 0.15) is 5.56 Å². The first-order chi connectivity index (χ1) is 7.97. The van der Waals surface area contributed by atoms with Crippen LogP contribution in [0.25, 0.3) is 11.3 Å². The van der Waals surface area contributed by atoms with Gasteiger partial charge in [0.05, 0.1) is 0 Å². The van der Waals surface area contributed by atoms with E-state index in [9.17, 15) is 17.6 Å². The predicted octanol–water partition coefficient (Wildman–Crippen LogP) is 3.70. The molecule has 0 aliphatic heterocycles. The molecule has 1 radical (unpaired) electrons. The van der Waals surface area contributed by atoms with Crippen molar-refractivity contribution in [3.05, 3.63) is 54.0 Å². The van der Waals surface area contributed by atoms with Gasteiger partial charge in [-0.15, -0.1) is 29.8 Å². The van der Waals surface area contributed by atoms with Crippen molar-refractivity contribution < 1.29 is 37.7 Å². The van der Waals surface area contributed by atoms with Crippen LogP contribution < -0.4 is 0 Å². The number of rotatable bonds is 1. The summed E-state index contributed by atoms with van der Waals surface area (Å²) in [5.41, 5.74) is -0.363. The second-order valence-corrected chi connectivity index (χ2v) is 3.35. The quantitative estimate of drug-likeness (QED) is 0.495. The number of halogens is 4. The topological polar surface area (TPSA) is 12.9 Å². The van der Waals surface area contributed by atoms with E-state index in [4.69, 9.17) is 0 Å². The van der Waals surface area contributed by atoms with Crippen LogP contribution in [0.4, 0.5) is 17.6 Å². The number of nitrogens with zero attached hydrogens (tertiary/aromatic N) is 1. The van der Waals surface area contributed by atoms with E-state index in [1.165, 1.54) is 6.07 Å². The summed E-state index contributed by atoms with van der Waals surface area (Å²) >= 11 is 0. The third kappa shape index (κ3) is 3.37. The predicted molar refractivity (Wildman–Crippen MR) is 53.5 cm³/mol. The van der Waals surface area contributed by atoms with E-state index in [-0.39, 0.29) is 25.8 Å². The molecule has 97 valence electrons. The Morgan fingerprint density at radius 1 is 1.11 bits per heavy atom. The number of alkyl halides is 3. The van der Waals surface area contributed by atoms with Gasteiger partial charge in [-0.2, -0.15) is 13.2 Å². The second kappa shape index (κ2) is 5.59. The van der Waals surface area contributed by atoms with E-state index in [1.54, 1.807) is 0 Å². The van der Waals surface area contributed by atoms with Gasteiger partial charge in [-0.3, -0.25) is 4.39 Å². The molecule has 0 N–H and O–H groups in total. The molecule has 6 heteroatoms. The van der Waals surface area contributed by atoms with Crippen LogP contribution in [0.5, 0.6) is 0 Å². The number of benzene rings is 1. The van der Waals surface area contributed by atoms with Gasteiger partial charge in [0.15, 0.2) is 0 Å². The summed E-state index contributed by atoms with van der Waals surface area (Å²) in [5, 5.41) is 0. The Balaban J connectivity index is 0.00000162. The Labute approximate surface area is 114 Å². The molecule has 0 unspecified atom stereocenters. The van der Waals surface area contributed by atoms with Crippen LogP contribution >= 0.6 is 0 Å². The molecule has 0 amide bonds. The fourth-order valence-corrected chi connectivity index (χ4v) is 1.32. The summed E-state index contributed by atoms with van der Waals surface area (Å²) in [4.78, 5) is 3.80. The molecule has 0 spiro atoms. The Kier molecular flexibility index (Phi) is 4.59. The third-order valence-electron chi connectivity index (χ3n) is 2.14. The summed E-state index contributed by atoms with van der Waals surface area (Å²) in [6, 6.07) is 7.85. The number of hydrogen-bond donors (Lipinski definition) is 0. The van der Waals surface area contributed by atoms with Gasteiger partial charge < -0.3 is 4.98 Å². The average molecular weight is 432 g/mol. The molecule has 2 rings (SSSR count). The van der Waals surface area contributed by atoms with Crippen LogP contribution in [0.3, 0.4) is 0 Å². The summed E-state index contributed by atoms with van der Waals surface area (Å²) in [5.74, 6) is -0.499. The summed E-state index contributed by atoms with van der Waals surface area (Å²) in [6.07, 6.45) is -3.35. The summed E-state index contributed by atoms with van der Waals surface area (Å²) in [6.45, 7) is 0. The van der Waals surface area contributed by atoms with Gasteiger partial charge in [0.25, 0.3) is 0 Å². The molecule has 18 heavy (non-hydrogen) atoms. The van der Waals surface area contributed by atoms with Crippen LogP contribution in [0.15, 0.2) is 36.5 Å². The molecule has 0 saturated carbocycles. The van der Waals surface area contributed by atoms with E-state index in [1.807, 2.05) is 0 Å². The van der Waals surface area contributed by atoms with E-state index >= 15 is 0 Å². The third-order valence-corrected chi connectivity index (χ3v) is 2.14. The zero-order valence-corrected chi connectivity index (χ0v) is 11.2. The summed E-state index contributed by atoms with van der Waals surface area (Å²) < 4.78 is 50.0. The Bertz CT molecular complexity index is 522. The van der Waals surface area contributed by atoms with Crippen molar-refractivity contribution in [1.82, 2.24) is 4.98 Å². The molecule has 0 aliphatic carbocycles. The monoisotopic (exact) mass is 433 g/mol. The van der Waals surface area contributed by atoms with Crippen LogP contribution in [0, 0.1) is 11.9 Å². The molecule has 0 saturated heterocycles. The minimum Gasteiger partial charge on any atom is -0.305 e. The Hall–Kier alpha value is -1.26. The van der Waals surface area contributed by atoms with E-state index in [0.717, 1.165) is 30.5 Å². The molecule has 0 fully saturated rings. The van der Waals surface area contributed by atoms with Gasteiger partial charge in [-0.05, 0) is 11.8 Å². The maximum atomic E-state index is 12.6. The van der Waals surface area contributed by atoms with Crippen molar-refractivity contribution in [2.75, 3.05) is 0 Å². The van der Waals surface area contributed by atoms with Crippen LogP contribution in [0.2, 0.25) is 0 Å². The van der Waals surface area contributed by atoms with Crippen LogP contribution in [-0.2, 0) is 26.3 Å². The first-order valence-corrected chi connectivity index (χ1v) is 4.68. The molecule has 1 nitrogen and oxygen atoms in total. The number of pyridine rings is 1. The largest absolute Gasteiger partial charge is 0.415 e. The standard InChI is InChI=1S/C12H6F4N.Ir/c13-10-3-1-8(2-4-10)11-7-9(5-6-17-11)12(14,15)16;/h1,3-7H;/q-1;. The van der Waals surface area contributed by atoms with Gasteiger partial charge in [0.2, 0.25) is 0 Å². The van der Waals surface area contributed by atoms with Crippen LogP contribution in [-0.4, -0.2) is 4.98 Å². The van der Waals surface area contributed by atoms with Crippen molar-refractivity contribution in [3.63, 3.8) is 0 Å². The smallest absolute Gasteiger partial charge is 0.305 e. The number of hydrogen-bond acceptors (Lipinski definition) is 1. The average Bonchev–Trinajstić information content (AvgIpc) is 2.29. The first-order valence-electron chi connectivity index (χ1n) is 4.68. The van der Waals surface area contributed by atoms with Crippen molar-refractivity contribution in [1.29, 1.82) is 0 Å². The molecular weight excluding hydrogens is 426 g/mol. The van der Waals surface area contributed by atoms with Crippen molar-refractivity contribution in [2.45, 2.75) is 6.18 Å². The molecule has 1 aromatic heterocycles. The first kappa shape index (κ1) is 14.8. The van der Waals surface area contributed by atoms with Gasteiger partial charge in [-0.25, -0.2) is 0 Å². The van der Waals surface area contributed by atoms with Gasteiger partial charge in [-0.1, -0.05) is 6.07 Å². The minimum atomic E-state index is -4.42. The number of aromatic nitrogens is 1. The van der Waals surface area contributed by atoms with Crippen molar-refractivity contribution in [2.24, 2.45) is 0 Å². The fraction of sp³-hybridized carbons (Fsp3) is 0.0833. The summed E-state index contributed by atoms with van der Waals surface area (Å²) in [7, 11) is 0.